The lowest BCUT2D eigenvalue weighted by molar-refractivity contribution is 0.498. The molecule has 0 N–H and O–H groups in total. The minimum atomic E-state index is 0.121. The van der Waals surface area contributed by atoms with Gasteiger partial charge in [-0.15, -0.1) is 0 Å². The highest BCUT2D eigenvalue weighted by Gasteiger charge is 2.28. The van der Waals surface area contributed by atoms with Crippen molar-refractivity contribution >= 4 is 17.2 Å². The van der Waals surface area contributed by atoms with Gasteiger partial charge in [0.2, 0.25) is 0 Å². The second kappa shape index (κ2) is 9.97. The summed E-state index contributed by atoms with van der Waals surface area (Å²) >= 11 is 0. The molecule has 188 valence electrons. The second-order valence-corrected chi connectivity index (χ2v) is 12.4. The highest BCUT2D eigenvalue weighted by molar-refractivity contribution is 5.90. The van der Waals surface area contributed by atoms with Gasteiger partial charge in [-0.25, -0.2) is 0 Å². The van der Waals surface area contributed by atoms with Gasteiger partial charge in [-0.05, 0) is 99.6 Å². The molecule has 0 nitrogen and oxygen atoms in total. The summed E-state index contributed by atoms with van der Waals surface area (Å²) in [6.07, 6.45) is 18.5. The highest BCUT2D eigenvalue weighted by Crippen LogP contribution is 2.44. The van der Waals surface area contributed by atoms with Crippen molar-refractivity contribution < 1.29 is 0 Å². The Bertz CT molecular complexity index is 1370. The van der Waals surface area contributed by atoms with E-state index in [9.17, 15) is 0 Å². The van der Waals surface area contributed by atoms with Gasteiger partial charge >= 0.3 is 0 Å². The molecule has 0 heterocycles. The maximum atomic E-state index is 2.48. The number of benzene rings is 3. The molecule has 3 aromatic carbocycles. The summed E-state index contributed by atoms with van der Waals surface area (Å²) in [5.74, 6) is 1.50. The normalized spacial score (nSPS) is 19.3. The fourth-order valence-electron chi connectivity index (χ4n) is 6.78. The molecule has 0 aromatic heterocycles. The van der Waals surface area contributed by atoms with Crippen LogP contribution < -0.4 is 0 Å². The van der Waals surface area contributed by atoms with Crippen LogP contribution in [-0.2, 0) is 18.3 Å². The maximum Gasteiger partial charge on any atom is 0.00555 e. The van der Waals surface area contributed by atoms with Crippen molar-refractivity contribution in [2.45, 2.75) is 77.0 Å². The third-order valence-corrected chi connectivity index (χ3v) is 8.86. The van der Waals surface area contributed by atoms with Gasteiger partial charge in [0, 0.05) is 5.92 Å². The van der Waals surface area contributed by atoms with Crippen LogP contribution in [-0.4, -0.2) is 0 Å². The average molecular weight is 485 g/mol. The van der Waals surface area contributed by atoms with Crippen LogP contribution in [0.15, 0.2) is 85.0 Å². The molecule has 6 rings (SSSR count). The molecule has 0 amide bonds. The van der Waals surface area contributed by atoms with Gasteiger partial charge in [0.25, 0.3) is 0 Å². The lowest BCUT2D eigenvalue weighted by atomic mass is 9.80. The number of aryl methyl sites for hydroxylation is 2. The SMILES string of the molecule is CC(C)(C)c1cc(C2=CCC(c3ccc4c(c3)C=CC4C3CCCC3)=C2)ccc1CCc1ccccc1. The zero-order chi connectivity index (χ0) is 25.4. The Morgan fingerprint density at radius 2 is 1.59 bits per heavy atom. The van der Waals surface area contributed by atoms with Crippen molar-refractivity contribution in [3.05, 3.63) is 124 Å². The van der Waals surface area contributed by atoms with Gasteiger partial charge in [0.15, 0.2) is 0 Å². The maximum absolute atomic E-state index is 2.48. The molecule has 37 heavy (non-hydrogen) atoms. The van der Waals surface area contributed by atoms with Crippen molar-refractivity contribution in [1.82, 2.24) is 0 Å². The molecule has 0 aliphatic heterocycles. The monoisotopic (exact) mass is 484 g/mol. The second-order valence-electron chi connectivity index (χ2n) is 12.4. The molecular formula is C37H40. The molecule has 3 aromatic rings. The van der Waals surface area contributed by atoms with E-state index >= 15 is 0 Å². The molecule has 1 unspecified atom stereocenters. The van der Waals surface area contributed by atoms with Crippen LogP contribution in [0.25, 0.3) is 17.2 Å². The van der Waals surface area contributed by atoms with Crippen molar-refractivity contribution in [3.63, 3.8) is 0 Å². The van der Waals surface area contributed by atoms with Gasteiger partial charge in [0.1, 0.15) is 0 Å². The number of hydrogen-bond acceptors (Lipinski definition) is 0. The Balaban J connectivity index is 1.22. The first-order chi connectivity index (χ1) is 18.0. The van der Waals surface area contributed by atoms with Crippen LogP contribution in [0.2, 0.25) is 0 Å². The summed E-state index contributed by atoms with van der Waals surface area (Å²) < 4.78 is 0. The molecule has 0 radical (unpaired) electrons. The van der Waals surface area contributed by atoms with E-state index in [1.165, 1.54) is 70.2 Å². The molecule has 1 atom stereocenters. The lowest BCUT2D eigenvalue weighted by Crippen LogP contribution is -2.15. The quantitative estimate of drug-likeness (QED) is 0.326. The first-order valence-corrected chi connectivity index (χ1v) is 14.4. The molecule has 1 fully saturated rings. The predicted molar refractivity (Wildman–Crippen MR) is 160 cm³/mol. The van der Waals surface area contributed by atoms with E-state index in [1.807, 2.05) is 0 Å². The zero-order valence-corrected chi connectivity index (χ0v) is 22.8. The minimum Gasteiger partial charge on any atom is -0.0761 e. The van der Waals surface area contributed by atoms with E-state index < -0.39 is 0 Å². The van der Waals surface area contributed by atoms with Gasteiger partial charge in [-0.3, -0.25) is 0 Å². The van der Waals surface area contributed by atoms with Crippen LogP contribution in [0.5, 0.6) is 0 Å². The fraction of sp³-hybridized carbons (Fsp3) is 0.351. The molecule has 3 aliphatic rings. The topological polar surface area (TPSA) is 0 Å². The summed E-state index contributed by atoms with van der Waals surface area (Å²) in [5, 5.41) is 0. The largest absolute Gasteiger partial charge is 0.0761 e. The summed E-state index contributed by atoms with van der Waals surface area (Å²) in [7, 11) is 0. The first-order valence-electron chi connectivity index (χ1n) is 14.4. The number of allylic oxidation sites excluding steroid dienone is 5. The smallest absolute Gasteiger partial charge is 0.00555 e. The number of fused-ring (bicyclic) bond motifs is 1. The Morgan fingerprint density at radius 1 is 0.811 bits per heavy atom. The molecule has 0 spiro atoms. The summed E-state index contributed by atoms with van der Waals surface area (Å²) in [4.78, 5) is 0. The Labute approximate surface area is 223 Å². The number of rotatable bonds is 6. The van der Waals surface area contributed by atoms with Crippen molar-refractivity contribution in [2.75, 3.05) is 0 Å². The van der Waals surface area contributed by atoms with Crippen molar-refractivity contribution in [1.29, 1.82) is 0 Å². The van der Waals surface area contributed by atoms with E-state index in [1.54, 1.807) is 5.56 Å². The van der Waals surface area contributed by atoms with E-state index in [0.717, 1.165) is 25.2 Å². The molecule has 0 saturated heterocycles. The average Bonchev–Trinajstić information content (AvgIpc) is 3.68. The van der Waals surface area contributed by atoms with Crippen LogP contribution in [0.1, 0.15) is 97.7 Å². The zero-order valence-electron chi connectivity index (χ0n) is 22.8. The standard InChI is InChI=1S/C37H40/c1-37(2,3)36-25-32(16-15-28(36)14-13-26-9-5-4-6-10-26)30-18-17-29(23-30)31-19-21-35-33(24-31)20-22-34(35)27-11-7-8-12-27/h4-6,9-10,15-16,18-25,27,34H,7-8,11-14,17H2,1-3H3. The van der Waals surface area contributed by atoms with E-state index in [2.05, 4.69) is 112 Å². The Hall–Kier alpha value is -3.12. The van der Waals surface area contributed by atoms with Gasteiger partial charge < -0.3 is 0 Å². The van der Waals surface area contributed by atoms with Crippen molar-refractivity contribution in [3.8, 4) is 0 Å². The third-order valence-electron chi connectivity index (χ3n) is 8.86. The molecule has 0 heteroatoms. The van der Waals surface area contributed by atoms with Gasteiger partial charge in [-0.2, -0.15) is 0 Å². The predicted octanol–water partition coefficient (Wildman–Crippen LogP) is 9.94. The highest BCUT2D eigenvalue weighted by atomic mass is 14.3. The van der Waals surface area contributed by atoms with Crippen LogP contribution >= 0.6 is 0 Å². The van der Waals surface area contributed by atoms with E-state index in [4.69, 9.17) is 0 Å². The van der Waals surface area contributed by atoms with Crippen LogP contribution in [0.3, 0.4) is 0 Å². The van der Waals surface area contributed by atoms with Crippen molar-refractivity contribution in [2.24, 2.45) is 5.92 Å². The summed E-state index contributed by atoms with van der Waals surface area (Å²) in [5.41, 5.74) is 13.0. The molecule has 0 bridgehead atoms. The minimum absolute atomic E-state index is 0.121. The van der Waals surface area contributed by atoms with Crippen LogP contribution in [0, 0.1) is 5.92 Å². The lowest BCUT2D eigenvalue weighted by Gasteiger charge is -2.24. The number of hydrogen-bond donors (Lipinski definition) is 0. The van der Waals surface area contributed by atoms with E-state index in [-0.39, 0.29) is 5.41 Å². The fourth-order valence-corrected chi connectivity index (χ4v) is 6.78. The molecule has 1 saturated carbocycles. The third kappa shape index (κ3) is 5.04. The van der Waals surface area contributed by atoms with E-state index in [0.29, 0.717) is 5.92 Å². The Kier molecular flexibility index (Phi) is 6.53. The summed E-state index contributed by atoms with van der Waals surface area (Å²) in [6, 6.07) is 25.3. The van der Waals surface area contributed by atoms with Gasteiger partial charge in [-0.1, -0.05) is 119 Å². The molecule has 3 aliphatic carbocycles. The first kappa shape index (κ1) is 24.2. The summed E-state index contributed by atoms with van der Waals surface area (Å²) in [6.45, 7) is 7.04. The Morgan fingerprint density at radius 3 is 2.38 bits per heavy atom. The van der Waals surface area contributed by atoms with Gasteiger partial charge in [0.05, 0.1) is 0 Å². The molecular weight excluding hydrogens is 444 g/mol. The van der Waals surface area contributed by atoms with Crippen LogP contribution in [0.4, 0.5) is 0 Å².